The standard InChI is InChI=1S/C18H15F3N2O2/c19-18(20,21)17(25)14(11-6-2-1-3-7-11)15-22-13-9-5-4-8-12(13)10-23(15)16(17)24/h1-9,14-15,22,25H,10H2/t14-,15+,17+/m0/s1. The van der Waals surface area contributed by atoms with Gasteiger partial charge in [-0.2, -0.15) is 13.2 Å². The molecule has 0 aliphatic carbocycles. The van der Waals surface area contributed by atoms with Gasteiger partial charge < -0.3 is 15.3 Å². The van der Waals surface area contributed by atoms with Crippen LogP contribution in [0.2, 0.25) is 0 Å². The molecule has 25 heavy (non-hydrogen) atoms. The minimum absolute atomic E-state index is 0.0222. The molecule has 2 aromatic carbocycles. The van der Waals surface area contributed by atoms with Crippen molar-refractivity contribution in [3.8, 4) is 0 Å². The van der Waals surface area contributed by atoms with E-state index in [4.69, 9.17) is 0 Å². The Kier molecular flexibility index (Phi) is 3.34. The maximum atomic E-state index is 13.8. The zero-order valence-corrected chi connectivity index (χ0v) is 13.0. The monoisotopic (exact) mass is 348 g/mol. The first-order chi connectivity index (χ1) is 11.8. The smallest absolute Gasteiger partial charge is 0.372 e. The molecular formula is C18H15F3N2O2. The summed E-state index contributed by atoms with van der Waals surface area (Å²) in [6, 6.07) is 14.9. The number of amides is 1. The molecule has 0 unspecified atom stereocenters. The summed E-state index contributed by atoms with van der Waals surface area (Å²) in [6.45, 7) is 0.0222. The van der Waals surface area contributed by atoms with Crippen LogP contribution in [0.3, 0.4) is 0 Å². The van der Waals surface area contributed by atoms with Crippen LogP contribution < -0.4 is 5.32 Å². The molecule has 7 heteroatoms. The molecule has 3 atom stereocenters. The largest absolute Gasteiger partial charge is 0.427 e. The molecule has 0 aromatic heterocycles. The molecule has 0 spiro atoms. The van der Waals surface area contributed by atoms with Crippen molar-refractivity contribution in [2.45, 2.75) is 30.4 Å². The molecule has 0 radical (unpaired) electrons. The van der Waals surface area contributed by atoms with E-state index in [1.54, 1.807) is 42.5 Å². The summed E-state index contributed by atoms with van der Waals surface area (Å²) in [5.74, 6) is -2.78. The van der Waals surface area contributed by atoms with E-state index in [1.165, 1.54) is 12.1 Å². The normalized spacial score (nSPS) is 28.3. The van der Waals surface area contributed by atoms with Crippen LogP contribution in [0.5, 0.6) is 0 Å². The molecule has 0 bridgehead atoms. The number of hydrogen-bond acceptors (Lipinski definition) is 3. The van der Waals surface area contributed by atoms with E-state index >= 15 is 0 Å². The average molecular weight is 348 g/mol. The summed E-state index contributed by atoms with van der Waals surface area (Å²) >= 11 is 0. The van der Waals surface area contributed by atoms with E-state index in [0.29, 0.717) is 11.3 Å². The SMILES string of the molecule is O=C1N2Cc3ccccc3N[C@H]2[C@H](c2ccccc2)[C@]1(O)C(F)(F)F. The van der Waals surface area contributed by atoms with E-state index < -0.39 is 29.8 Å². The highest BCUT2D eigenvalue weighted by Gasteiger charge is 2.72. The Morgan fingerprint density at radius 3 is 2.40 bits per heavy atom. The number of nitrogens with zero attached hydrogens (tertiary/aromatic N) is 1. The van der Waals surface area contributed by atoms with Crippen LogP contribution >= 0.6 is 0 Å². The van der Waals surface area contributed by atoms with Gasteiger partial charge in [-0.15, -0.1) is 0 Å². The van der Waals surface area contributed by atoms with Crippen LogP contribution in [0.4, 0.5) is 18.9 Å². The van der Waals surface area contributed by atoms with Crippen molar-refractivity contribution in [3.05, 3.63) is 65.7 Å². The molecule has 0 saturated carbocycles. The number of hydrogen-bond donors (Lipinski definition) is 2. The van der Waals surface area contributed by atoms with Gasteiger partial charge in [0.1, 0.15) is 6.17 Å². The molecule has 2 aromatic rings. The van der Waals surface area contributed by atoms with Crippen molar-refractivity contribution in [2.75, 3.05) is 5.32 Å². The van der Waals surface area contributed by atoms with Crippen LogP contribution in [-0.2, 0) is 11.3 Å². The number of para-hydroxylation sites is 1. The Morgan fingerprint density at radius 2 is 1.72 bits per heavy atom. The van der Waals surface area contributed by atoms with Crippen LogP contribution in [-0.4, -0.2) is 33.9 Å². The third kappa shape index (κ3) is 2.15. The van der Waals surface area contributed by atoms with Gasteiger partial charge in [0.2, 0.25) is 5.60 Å². The van der Waals surface area contributed by atoms with Crippen molar-refractivity contribution in [2.24, 2.45) is 0 Å². The molecular weight excluding hydrogens is 333 g/mol. The lowest BCUT2D eigenvalue weighted by atomic mass is 9.82. The zero-order valence-electron chi connectivity index (χ0n) is 13.0. The lowest BCUT2D eigenvalue weighted by Crippen LogP contribution is -2.54. The molecule has 2 heterocycles. The molecule has 2 aliphatic heterocycles. The highest BCUT2D eigenvalue weighted by molar-refractivity contribution is 5.92. The number of benzene rings is 2. The number of halogens is 3. The van der Waals surface area contributed by atoms with Crippen LogP contribution in [0.1, 0.15) is 17.0 Å². The third-order valence-corrected chi connectivity index (χ3v) is 4.94. The second-order valence-electron chi connectivity index (χ2n) is 6.33. The van der Waals surface area contributed by atoms with Gasteiger partial charge in [0.15, 0.2) is 0 Å². The minimum atomic E-state index is -5.09. The first kappa shape index (κ1) is 16.0. The molecule has 1 saturated heterocycles. The summed E-state index contributed by atoms with van der Waals surface area (Å²) in [5, 5.41) is 13.6. The molecule has 1 fully saturated rings. The number of carbonyl (C=O) groups excluding carboxylic acids is 1. The second-order valence-corrected chi connectivity index (χ2v) is 6.33. The molecule has 130 valence electrons. The van der Waals surface area contributed by atoms with E-state index in [0.717, 1.165) is 4.90 Å². The first-order valence-electron chi connectivity index (χ1n) is 7.83. The average Bonchev–Trinajstić information content (AvgIpc) is 2.82. The van der Waals surface area contributed by atoms with E-state index in [9.17, 15) is 23.1 Å². The first-order valence-corrected chi connectivity index (χ1v) is 7.83. The topological polar surface area (TPSA) is 52.6 Å². The highest BCUT2D eigenvalue weighted by atomic mass is 19.4. The predicted octanol–water partition coefficient (Wildman–Crippen LogP) is 2.86. The molecule has 4 rings (SSSR count). The van der Waals surface area contributed by atoms with Gasteiger partial charge in [-0.1, -0.05) is 48.5 Å². The van der Waals surface area contributed by atoms with Crippen molar-refractivity contribution in [1.29, 1.82) is 0 Å². The Bertz CT molecular complexity index is 825. The summed E-state index contributed by atoms with van der Waals surface area (Å²) in [7, 11) is 0. The summed E-state index contributed by atoms with van der Waals surface area (Å²) < 4.78 is 41.3. The van der Waals surface area contributed by atoms with Crippen molar-refractivity contribution in [3.63, 3.8) is 0 Å². The quantitative estimate of drug-likeness (QED) is 0.833. The van der Waals surface area contributed by atoms with Gasteiger partial charge in [-0.25, -0.2) is 0 Å². The van der Waals surface area contributed by atoms with Gasteiger partial charge in [-0.3, -0.25) is 4.79 Å². The van der Waals surface area contributed by atoms with E-state index in [2.05, 4.69) is 5.32 Å². The van der Waals surface area contributed by atoms with Gasteiger partial charge in [0.05, 0.1) is 5.92 Å². The van der Waals surface area contributed by atoms with Crippen LogP contribution in [0.25, 0.3) is 0 Å². The van der Waals surface area contributed by atoms with Gasteiger partial charge in [0.25, 0.3) is 5.91 Å². The third-order valence-electron chi connectivity index (χ3n) is 4.94. The fourth-order valence-electron chi connectivity index (χ4n) is 3.74. The fraction of sp³-hybridized carbons (Fsp3) is 0.278. The molecule has 2 N–H and O–H groups in total. The number of aliphatic hydroxyl groups is 1. The molecule has 2 aliphatic rings. The van der Waals surface area contributed by atoms with Crippen LogP contribution in [0, 0.1) is 0 Å². The van der Waals surface area contributed by atoms with Gasteiger partial charge in [0, 0.05) is 12.2 Å². The number of nitrogens with one attached hydrogen (secondary N) is 1. The lowest BCUT2D eigenvalue weighted by Gasteiger charge is -2.36. The second kappa shape index (κ2) is 5.23. The Morgan fingerprint density at radius 1 is 1.08 bits per heavy atom. The molecule has 4 nitrogen and oxygen atoms in total. The maximum absolute atomic E-state index is 13.8. The summed E-state index contributed by atoms with van der Waals surface area (Å²) in [5.41, 5.74) is -1.82. The zero-order chi connectivity index (χ0) is 17.8. The van der Waals surface area contributed by atoms with Crippen LogP contribution in [0.15, 0.2) is 54.6 Å². The van der Waals surface area contributed by atoms with Crippen molar-refractivity contribution >= 4 is 11.6 Å². The number of anilines is 1. The Balaban J connectivity index is 1.88. The van der Waals surface area contributed by atoms with Crippen molar-refractivity contribution < 1.29 is 23.1 Å². The number of fused-ring (bicyclic) bond motifs is 2. The Labute approximate surface area is 141 Å². The highest BCUT2D eigenvalue weighted by Crippen LogP contribution is 2.52. The lowest BCUT2D eigenvalue weighted by molar-refractivity contribution is -0.253. The van der Waals surface area contributed by atoms with E-state index in [1.807, 2.05) is 0 Å². The van der Waals surface area contributed by atoms with E-state index in [-0.39, 0.29) is 12.1 Å². The fourth-order valence-corrected chi connectivity index (χ4v) is 3.74. The number of rotatable bonds is 1. The van der Waals surface area contributed by atoms with Crippen molar-refractivity contribution in [1.82, 2.24) is 4.90 Å². The predicted molar refractivity (Wildman–Crippen MR) is 84.6 cm³/mol. The number of carbonyl (C=O) groups is 1. The van der Waals surface area contributed by atoms with Gasteiger partial charge in [-0.05, 0) is 17.2 Å². The van der Waals surface area contributed by atoms with Gasteiger partial charge >= 0.3 is 6.18 Å². The minimum Gasteiger partial charge on any atom is -0.372 e. The maximum Gasteiger partial charge on any atom is 0.427 e. The summed E-state index contributed by atoms with van der Waals surface area (Å²) in [6.07, 6.45) is -6.06. The summed E-state index contributed by atoms with van der Waals surface area (Å²) in [4.78, 5) is 13.7. The number of alkyl halides is 3. The Hall–Kier alpha value is -2.54. The molecule has 1 amide bonds.